The van der Waals surface area contributed by atoms with Gasteiger partial charge in [-0.25, -0.2) is 0 Å². The molecule has 0 radical (unpaired) electrons. The van der Waals surface area contributed by atoms with Crippen molar-refractivity contribution in [3.8, 4) is 0 Å². The minimum Gasteiger partial charge on any atom is -0.356 e. The van der Waals surface area contributed by atoms with E-state index in [0.717, 1.165) is 66.4 Å². The van der Waals surface area contributed by atoms with Gasteiger partial charge in [-0.3, -0.25) is 14.4 Å². The number of thiophene rings is 1. The molecular formula is C30H41N5O3S. The summed E-state index contributed by atoms with van der Waals surface area (Å²) in [5.41, 5.74) is 8.87. The Morgan fingerprint density at radius 3 is 2.59 bits per heavy atom. The summed E-state index contributed by atoms with van der Waals surface area (Å²) in [6, 6.07) is 11.8. The monoisotopic (exact) mass is 551 g/mol. The third-order valence-electron chi connectivity index (χ3n) is 7.59. The maximum Gasteiger partial charge on any atom is 0.268 e. The van der Waals surface area contributed by atoms with Crippen LogP contribution in [0.25, 0.3) is 10.2 Å². The van der Waals surface area contributed by atoms with E-state index in [9.17, 15) is 14.4 Å². The first-order chi connectivity index (χ1) is 18.9. The number of amides is 3. The van der Waals surface area contributed by atoms with E-state index in [2.05, 4.69) is 10.6 Å². The number of likely N-dealkylation sites (N-methyl/N-ethyl adjacent to an activating group) is 1. The van der Waals surface area contributed by atoms with Crippen molar-refractivity contribution in [1.82, 2.24) is 15.2 Å². The lowest BCUT2D eigenvalue weighted by atomic mass is 9.85. The van der Waals surface area contributed by atoms with Gasteiger partial charge in [-0.15, -0.1) is 11.3 Å². The van der Waals surface area contributed by atoms with Gasteiger partial charge < -0.3 is 25.8 Å². The molecule has 3 amide bonds. The van der Waals surface area contributed by atoms with E-state index in [0.29, 0.717) is 25.3 Å². The Labute approximate surface area is 234 Å². The van der Waals surface area contributed by atoms with Crippen LogP contribution in [0.2, 0.25) is 0 Å². The molecule has 1 aliphatic rings. The van der Waals surface area contributed by atoms with Gasteiger partial charge in [0.25, 0.3) is 5.91 Å². The minimum absolute atomic E-state index is 0.00105. The molecule has 3 aromatic rings. The molecule has 0 bridgehead atoms. The molecule has 2 heterocycles. The number of nitrogens with two attached hydrogens (primary N) is 1. The quantitative estimate of drug-likeness (QED) is 0.286. The molecule has 2 aromatic heterocycles. The highest BCUT2D eigenvalue weighted by molar-refractivity contribution is 7.17. The maximum atomic E-state index is 13.4. The minimum atomic E-state index is -0.169. The number of unbranched alkanes of at least 4 members (excludes halogenated alkanes) is 2. The van der Waals surface area contributed by atoms with Crippen LogP contribution >= 0.6 is 11.3 Å². The van der Waals surface area contributed by atoms with Crippen molar-refractivity contribution in [1.29, 1.82) is 0 Å². The van der Waals surface area contributed by atoms with Crippen molar-refractivity contribution in [2.45, 2.75) is 71.4 Å². The molecule has 210 valence electrons. The molecular weight excluding hydrogens is 510 g/mol. The fraction of sp³-hybridized carbons (Fsp3) is 0.500. The average molecular weight is 552 g/mol. The third kappa shape index (κ3) is 7.28. The van der Waals surface area contributed by atoms with E-state index in [-0.39, 0.29) is 36.2 Å². The Hall–Kier alpha value is -3.17. The summed E-state index contributed by atoms with van der Waals surface area (Å²) < 4.78 is 2.82. The highest BCUT2D eigenvalue weighted by Gasteiger charge is 2.28. The first-order valence-electron chi connectivity index (χ1n) is 14.1. The van der Waals surface area contributed by atoms with Gasteiger partial charge in [0, 0.05) is 30.7 Å². The van der Waals surface area contributed by atoms with Crippen LogP contribution in [0.1, 0.15) is 67.9 Å². The first-order valence-corrected chi connectivity index (χ1v) is 15.0. The van der Waals surface area contributed by atoms with Crippen molar-refractivity contribution in [3.63, 3.8) is 0 Å². The van der Waals surface area contributed by atoms with Crippen LogP contribution in [0.5, 0.6) is 0 Å². The lowest BCUT2D eigenvalue weighted by Gasteiger charge is -2.28. The summed E-state index contributed by atoms with van der Waals surface area (Å²) in [6.45, 7) is 5.98. The van der Waals surface area contributed by atoms with Crippen molar-refractivity contribution < 1.29 is 14.4 Å². The molecule has 0 aliphatic heterocycles. The number of nitrogens with one attached hydrogen (secondary N) is 2. The van der Waals surface area contributed by atoms with Crippen LogP contribution in [-0.4, -0.2) is 48.0 Å². The molecule has 39 heavy (non-hydrogen) atoms. The van der Waals surface area contributed by atoms with Crippen molar-refractivity contribution in [2.75, 3.05) is 24.5 Å². The van der Waals surface area contributed by atoms with Crippen LogP contribution < -0.4 is 21.3 Å². The smallest absolute Gasteiger partial charge is 0.268 e. The number of anilines is 1. The Morgan fingerprint density at radius 2 is 1.87 bits per heavy atom. The first kappa shape index (κ1) is 28.8. The number of nitrogens with zero attached hydrogens (tertiary/aromatic N) is 2. The molecule has 1 fully saturated rings. The van der Waals surface area contributed by atoms with Crippen LogP contribution in [0.3, 0.4) is 0 Å². The summed E-state index contributed by atoms with van der Waals surface area (Å²) in [7, 11) is 0. The van der Waals surface area contributed by atoms with E-state index >= 15 is 0 Å². The van der Waals surface area contributed by atoms with Gasteiger partial charge in [-0.05, 0) is 94.1 Å². The second kappa shape index (κ2) is 13.8. The van der Waals surface area contributed by atoms with E-state index in [1.807, 2.05) is 60.2 Å². The van der Waals surface area contributed by atoms with Crippen LogP contribution in [0.4, 0.5) is 5.69 Å². The molecule has 0 saturated heterocycles. The van der Waals surface area contributed by atoms with E-state index in [1.165, 1.54) is 0 Å². The van der Waals surface area contributed by atoms with Crippen molar-refractivity contribution in [2.24, 2.45) is 11.7 Å². The number of carbonyl (C=O) groups is 3. The topological polar surface area (TPSA) is 109 Å². The van der Waals surface area contributed by atoms with Gasteiger partial charge in [0.2, 0.25) is 11.8 Å². The second-order valence-corrected chi connectivity index (χ2v) is 11.4. The normalized spacial score (nSPS) is 17.2. The molecule has 1 saturated carbocycles. The second-order valence-electron chi connectivity index (χ2n) is 10.4. The molecule has 4 rings (SSSR count). The Bertz CT molecular complexity index is 1270. The maximum absolute atomic E-state index is 13.4. The van der Waals surface area contributed by atoms with Gasteiger partial charge in [-0.2, -0.15) is 0 Å². The molecule has 9 heteroatoms. The predicted octanol–water partition coefficient (Wildman–Crippen LogP) is 4.60. The third-order valence-corrected chi connectivity index (χ3v) is 8.45. The van der Waals surface area contributed by atoms with Gasteiger partial charge >= 0.3 is 0 Å². The molecule has 4 N–H and O–H groups in total. The molecule has 0 spiro atoms. The van der Waals surface area contributed by atoms with Crippen LogP contribution in [0, 0.1) is 12.8 Å². The van der Waals surface area contributed by atoms with E-state index in [4.69, 9.17) is 5.73 Å². The predicted molar refractivity (Wildman–Crippen MR) is 158 cm³/mol. The molecule has 8 nitrogen and oxygen atoms in total. The highest BCUT2D eigenvalue weighted by atomic mass is 32.1. The van der Waals surface area contributed by atoms with E-state index < -0.39 is 0 Å². The van der Waals surface area contributed by atoms with Gasteiger partial charge in [-0.1, -0.05) is 18.6 Å². The number of fused-ring (bicyclic) bond motifs is 1. The van der Waals surface area contributed by atoms with E-state index in [1.54, 1.807) is 16.2 Å². The SMILES string of the molecule is CCN(C(=O)Cn1c(C(=O)N[C@H]2CC[C@H](C(=O)NCCCCCN)CC2)cc2sccc21)c1cccc(C)c1. The Balaban J connectivity index is 1.37. The lowest BCUT2D eigenvalue weighted by Crippen LogP contribution is -2.42. The van der Waals surface area contributed by atoms with Crippen LogP contribution in [-0.2, 0) is 16.1 Å². The lowest BCUT2D eigenvalue weighted by molar-refractivity contribution is -0.126. The number of benzene rings is 1. The highest BCUT2D eigenvalue weighted by Crippen LogP contribution is 2.28. The van der Waals surface area contributed by atoms with Crippen molar-refractivity contribution >= 4 is 45.0 Å². The standard InChI is InChI=1S/C30H41N5O3S/c1-3-34(24-9-7-8-21(2)18-24)28(36)20-35-25-14-17-39-27(25)19-26(35)30(38)33-23-12-10-22(11-13-23)29(37)32-16-6-4-5-15-31/h7-9,14,17-19,22-23H,3-6,10-13,15-16,20,31H2,1-2H3,(H,32,37)(H,33,38)/t22-,23-. The van der Waals surface area contributed by atoms with Gasteiger partial charge in [0.05, 0.1) is 10.2 Å². The number of carbonyl (C=O) groups excluding carboxylic acids is 3. The average Bonchev–Trinajstić information content (AvgIpc) is 3.52. The molecule has 1 aromatic carbocycles. The number of hydrogen-bond acceptors (Lipinski definition) is 5. The summed E-state index contributed by atoms with van der Waals surface area (Å²) in [6.07, 6.45) is 6.02. The summed E-state index contributed by atoms with van der Waals surface area (Å²) >= 11 is 1.56. The zero-order chi connectivity index (χ0) is 27.8. The fourth-order valence-corrected chi connectivity index (χ4v) is 6.24. The number of hydrogen-bond donors (Lipinski definition) is 3. The van der Waals surface area contributed by atoms with Gasteiger partial charge in [0.15, 0.2) is 0 Å². The Morgan fingerprint density at radius 1 is 1.08 bits per heavy atom. The Kier molecular flexibility index (Phi) is 10.2. The molecule has 1 aliphatic carbocycles. The number of aryl methyl sites for hydroxylation is 1. The summed E-state index contributed by atoms with van der Waals surface area (Å²) in [5, 5.41) is 8.22. The molecule has 0 unspecified atom stereocenters. The fourth-order valence-electron chi connectivity index (χ4n) is 5.42. The zero-order valence-electron chi connectivity index (χ0n) is 23.1. The summed E-state index contributed by atoms with van der Waals surface area (Å²) in [4.78, 5) is 41.2. The van der Waals surface area contributed by atoms with Gasteiger partial charge in [0.1, 0.15) is 12.2 Å². The largest absolute Gasteiger partial charge is 0.356 e. The number of aromatic nitrogens is 1. The zero-order valence-corrected chi connectivity index (χ0v) is 23.9. The van der Waals surface area contributed by atoms with Crippen LogP contribution in [0.15, 0.2) is 41.8 Å². The molecule has 0 atom stereocenters. The van der Waals surface area contributed by atoms with Crippen molar-refractivity contribution in [3.05, 3.63) is 53.0 Å². The summed E-state index contributed by atoms with van der Waals surface area (Å²) in [5.74, 6) is -0.108. The number of rotatable bonds is 12.